The fourth-order valence-corrected chi connectivity index (χ4v) is 2.93. The van der Waals surface area contributed by atoms with E-state index in [0.717, 1.165) is 14.8 Å². The zero-order chi connectivity index (χ0) is 10.8. The lowest BCUT2D eigenvalue weighted by Gasteiger charge is -2.21. The van der Waals surface area contributed by atoms with Gasteiger partial charge in [0.1, 0.15) is 0 Å². The third-order valence-corrected chi connectivity index (χ3v) is 4.56. The molecule has 1 fully saturated rings. The average molecular weight is 350 g/mol. The summed E-state index contributed by atoms with van der Waals surface area (Å²) >= 11 is 13.0. The van der Waals surface area contributed by atoms with Crippen molar-refractivity contribution in [2.75, 3.05) is 5.33 Å². The monoisotopic (exact) mass is 348 g/mol. The molecular formula is C12H11Br2Cl. The summed E-state index contributed by atoms with van der Waals surface area (Å²) in [6.07, 6.45) is 3.84. The lowest BCUT2D eigenvalue weighted by atomic mass is 9.86. The van der Waals surface area contributed by atoms with E-state index in [1.54, 1.807) is 5.57 Å². The summed E-state index contributed by atoms with van der Waals surface area (Å²) in [5.41, 5.74) is 4.29. The number of benzene rings is 1. The van der Waals surface area contributed by atoms with E-state index in [1.807, 2.05) is 6.07 Å². The second kappa shape index (κ2) is 5.03. The normalized spacial score (nSPS) is 15.0. The highest BCUT2D eigenvalue weighted by molar-refractivity contribution is 9.10. The topological polar surface area (TPSA) is 0 Å². The molecule has 1 aliphatic rings. The Hall–Kier alpha value is 0.210. The zero-order valence-corrected chi connectivity index (χ0v) is 12.1. The van der Waals surface area contributed by atoms with Crippen LogP contribution in [-0.4, -0.2) is 5.33 Å². The van der Waals surface area contributed by atoms with Gasteiger partial charge in [0.05, 0.1) is 5.02 Å². The lowest BCUT2D eigenvalue weighted by Crippen LogP contribution is -2.02. The van der Waals surface area contributed by atoms with Crippen LogP contribution in [0, 0.1) is 0 Å². The third-order valence-electron chi connectivity index (χ3n) is 2.79. The molecule has 0 spiro atoms. The van der Waals surface area contributed by atoms with Gasteiger partial charge in [0.2, 0.25) is 0 Å². The van der Waals surface area contributed by atoms with E-state index in [4.69, 9.17) is 11.6 Å². The maximum Gasteiger partial charge on any atom is 0.0548 e. The Morgan fingerprint density at radius 3 is 2.53 bits per heavy atom. The summed E-state index contributed by atoms with van der Waals surface area (Å²) < 4.78 is 0.972. The molecule has 0 nitrogen and oxygen atoms in total. The first-order valence-electron chi connectivity index (χ1n) is 4.94. The van der Waals surface area contributed by atoms with E-state index in [2.05, 4.69) is 44.0 Å². The number of hydrogen-bond donors (Lipinski definition) is 0. The number of rotatable bonds is 2. The van der Waals surface area contributed by atoms with Crippen LogP contribution in [0.2, 0.25) is 5.02 Å². The Morgan fingerprint density at radius 1 is 1.33 bits per heavy atom. The maximum atomic E-state index is 5.98. The first-order chi connectivity index (χ1) is 7.22. The van der Waals surface area contributed by atoms with Gasteiger partial charge in [-0.3, -0.25) is 0 Å². The SMILES string of the molecule is Clc1ccc(C(CBr)=C2CCC2)cc1Br. The lowest BCUT2D eigenvalue weighted by molar-refractivity contribution is 0.665. The Morgan fingerprint density at radius 2 is 2.07 bits per heavy atom. The van der Waals surface area contributed by atoms with Gasteiger partial charge in [0.25, 0.3) is 0 Å². The molecule has 1 aromatic carbocycles. The smallest absolute Gasteiger partial charge is 0.0548 e. The first-order valence-corrected chi connectivity index (χ1v) is 7.24. The number of hydrogen-bond acceptors (Lipinski definition) is 0. The quantitative estimate of drug-likeness (QED) is 0.624. The van der Waals surface area contributed by atoms with Crippen LogP contribution in [0.15, 0.2) is 28.2 Å². The molecule has 3 heteroatoms. The van der Waals surface area contributed by atoms with Crippen molar-refractivity contribution >= 4 is 49.0 Å². The van der Waals surface area contributed by atoms with Crippen molar-refractivity contribution in [2.24, 2.45) is 0 Å². The van der Waals surface area contributed by atoms with Crippen LogP contribution in [-0.2, 0) is 0 Å². The van der Waals surface area contributed by atoms with Gasteiger partial charge in [-0.15, -0.1) is 0 Å². The second-order valence-corrected chi connectivity index (χ2v) is 5.52. The zero-order valence-electron chi connectivity index (χ0n) is 8.19. The van der Waals surface area contributed by atoms with Gasteiger partial charge in [-0.05, 0) is 58.5 Å². The van der Waals surface area contributed by atoms with E-state index in [9.17, 15) is 0 Å². The Labute approximate surface area is 112 Å². The van der Waals surface area contributed by atoms with Crippen LogP contribution < -0.4 is 0 Å². The fourth-order valence-electron chi connectivity index (χ4n) is 1.71. The molecule has 0 aromatic heterocycles. The van der Waals surface area contributed by atoms with Crippen molar-refractivity contribution in [3.05, 3.63) is 38.8 Å². The Kier molecular flexibility index (Phi) is 3.92. The van der Waals surface area contributed by atoms with Gasteiger partial charge >= 0.3 is 0 Å². The van der Waals surface area contributed by atoms with Gasteiger partial charge < -0.3 is 0 Å². The molecule has 0 aliphatic heterocycles. The summed E-state index contributed by atoms with van der Waals surface area (Å²) in [5, 5.41) is 1.70. The fraction of sp³-hybridized carbons (Fsp3) is 0.333. The molecule has 1 saturated carbocycles. The van der Waals surface area contributed by atoms with E-state index >= 15 is 0 Å². The van der Waals surface area contributed by atoms with Crippen LogP contribution in [0.3, 0.4) is 0 Å². The highest BCUT2D eigenvalue weighted by atomic mass is 79.9. The van der Waals surface area contributed by atoms with E-state index in [-0.39, 0.29) is 0 Å². The predicted octanol–water partition coefficient (Wildman–Crippen LogP) is 5.43. The molecule has 0 saturated heterocycles. The Balaban J connectivity index is 2.39. The van der Waals surface area contributed by atoms with Crippen LogP contribution in [0.5, 0.6) is 0 Å². The third kappa shape index (κ3) is 2.48. The van der Waals surface area contributed by atoms with Crippen molar-refractivity contribution in [2.45, 2.75) is 19.3 Å². The number of alkyl halides is 1. The highest BCUT2D eigenvalue weighted by Crippen LogP contribution is 2.36. The summed E-state index contributed by atoms with van der Waals surface area (Å²) in [7, 11) is 0. The molecular weight excluding hydrogens is 339 g/mol. The standard InChI is InChI=1S/C12H11Br2Cl/c13-7-10(8-2-1-3-8)9-4-5-12(15)11(14)6-9/h4-6H,1-3,7H2. The van der Waals surface area contributed by atoms with Crippen molar-refractivity contribution < 1.29 is 0 Å². The van der Waals surface area contributed by atoms with E-state index in [1.165, 1.54) is 30.4 Å². The molecule has 0 radical (unpaired) electrons. The molecule has 0 heterocycles. The van der Waals surface area contributed by atoms with Crippen LogP contribution in [0.25, 0.3) is 5.57 Å². The van der Waals surface area contributed by atoms with Gasteiger partial charge in [-0.2, -0.15) is 0 Å². The molecule has 0 amide bonds. The highest BCUT2D eigenvalue weighted by Gasteiger charge is 2.15. The molecule has 80 valence electrons. The maximum absolute atomic E-state index is 5.98. The van der Waals surface area contributed by atoms with Crippen molar-refractivity contribution in [3.8, 4) is 0 Å². The molecule has 0 bridgehead atoms. The summed E-state index contributed by atoms with van der Waals surface area (Å²) in [6.45, 7) is 0. The summed E-state index contributed by atoms with van der Waals surface area (Å²) in [5.74, 6) is 0. The summed E-state index contributed by atoms with van der Waals surface area (Å²) in [4.78, 5) is 0. The number of allylic oxidation sites excluding steroid dienone is 2. The van der Waals surface area contributed by atoms with Crippen LogP contribution in [0.1, 0.15) is 24.8 Å². The van der Waals surface area contributed by atoms with Gasteiger partial charge in [0, 0.05) is 9.80 Å². The second-order valence-electron chi connectivity index (χ2n) is 3.70. The number of halogens is 3. The minimum absolute atomic E-state index is 0.770. The molecule has 15 heavy (non-hydrogen) atoms. The van der Waals surface area contributed by atoms with Gasteiger partial charge in [0.15, 0.2) is 0 Å². The minimum atomic E-state index is 0.770. The molecule has 1 aromatic rings. The molecule has 2 rings (SSSR count). The summed E-state index contributed by atoms with van der Waals surface area (Å²) in [6, 6.07) is 6.14. The van der Waals surface area contributed by atoms with Crippen molar-refractivity contribution in [3.63, 3.8) is 0 Å². The van der Waals surface area contributed by atoms with Gasteiger partial charge in [-0.25, -0.2) is 0 Å². The van der Waals surface area contributed by atoms with Crippen LogP contribution >= 0.6 is 43.5 Å². The molecule has 1 aliphatic carbocycles. The van der Waals surface area contributed by atoms with Crippen molar-refractivity contribution in [1.29, 1.82) is 0 Å². The molecule has 0 N–H and O–H groups in total. The minimum Gasteiger partial charge on any atom is -0.0876 e. The van der Waals surface area contributed by atoms with Crippen molar-refractivity contribution in [1.82, 2.24) is 0 Å². The van der Waals surface area contributed by atoms with E-state index in [0.29, 0.717) is 0 Å². The van der Waals surface area contributed by atoms with Gasteiger partial charge in [-0.1, -0.05) is 39.2 Å². The van der Waals surface area contributed by atoms with E-state index < -0.39 is 0 Å². The largest absolute Gasteiger partial charge is 0.0876 e. The predicted molar refractivity (Wildman–Crippen MR) is 73.7 cm³/mol. The van der Waals surface area contributed by atoms with Crippen LogP contribution in [0.4, 0.5) is 0 Å². The molecule has 0 unspecified atom stereocenters. The molecule has 0 atom stereocenters. The Bertz CT molecular complexity index is 404. The first kappa shape index (κ1) is 11.7. The average Bonchev–Trinajstić information content (AvgIpc) is 2.16.